The van der Waals surface area contributed by atoms with Gasteiger partial charge in [0, 0.05) is 82.3 Å². The van der Waals surface area contributed by atoms with Crippen LogP contribution in [0, 0.1) is 0 Å². The van der Waals surface area contributed by atoms with E-state index in [0.717, 1.165) is 90.0 Å². The maximum atomic E-state index is 12.2. The first-order valence-corrected chi connectivity index (χ1v) is 15.3. The van der Waals surface area contributed by atoms with Gasteiger partial charge in [0.05, 0.1) is 5.71 Å². The van der Waals surface area contributed by atoms with E-state index in [9.17, 15) is 9.59 Å². The van der Waals surface area contributed by atoms with Gasteiger partial charge in [0.1, 0.15) is 11.2 Å². The van der Waals surface area contributed by atoms with Gasteiger partial charge in [-0.15, -0.1) is 0 Å². The van der Waals surface area contributed by atoms with Crippen LogP contribution in [0.15, 0.2) is 5.16 Å². The lowest BCUT2D eigenvalue weighted by Crippen LogP contribution is -2.53. The molecule has 2 amide bonds. The number of hydrogen-bond acceptors (Lipinski definition) is 9. The highest BCUT2D eigenvalue weighted by Crippen LogP contribution is 2.32. The average Bonchev–Trinajstić information content (AvgIpc) is 3.48. The molecular formula is C30H56N6O5. The van der Waals surface area contributed by atoms with Gasteiger partial charge >= 0.3 is 12.2 Å². The van der Waals surface area contributed by atoms with Gasteiger partial charge in [-0.1, -0.05) is 5.16 Å². The fraction of sp³-hybridized carbons (Fsp3) is 0.900. The summed E-state index contributed by atoms with van der Waals surface area (Å²) in [7, 11) is 0. The summed E-state index contributed by atoms with van der Waals surface area (Å²) in [5, 5.41) is 12.2. The van der Waals surface area contributed by atoms with Crippen LogP contribution < -0.4 is 5.73 Å². The predicted molar refractivity (Wildman–Crippen MR) is 160 cm³/mol. The van der Waals surface area contributed by atoms with Gasteiger partial charge in [-0.25, -0.2) is 9.59 Å². The lowest BCUT2D eigenvalue weighted by Gasteiger charge is -2.42. The Morgan fingerprint density at radius 3 is 1.54 bits per heavy atom. The topological polar surface area (TPSA) is 124 Å². The minimum atomic E-state index is -0.451. The molecule has 11 heteroatoms. The molecular weight excluding hydrogens is 524 g/mol. The normalized spacial score (nSPS) is 28.8. The summed E-state index contributed by atoms with van der Waals surface area (Å²) in [4.78, 5) is 32.9. The van der Waals surface area contributed by atoms with Crippen molar-refractivity contribution in [3.63, 3.8) is 0 Å². The zero-order chi connectivity index (χ0) is 30.6. The highest BCUT2D eigenvalue weighted by atomic mass is 16.6. The van der Waals surface area contributed by atoms with Crippen LogP contribution in [0.3, 0.4) is 0 Å². The second-order valence-corrected chi connectivity index (χ2v) is 14.8. The number of rotatable bonds is 2. The summed E-state index contributed by atoms with van der Waals surface area (Å²) in [6.07, 6.45) is 5.29. The highest BCUT2D eigenvalue weighted by molar-refractivity contribution is 5.84. The molecule has 2 atom stereocenters. The number of nitrogens with zero attached hydrogens (tertiary/aromatic N) is 5. The number of carbonyl (C=O) groups is 2. The molecule has 4 rings (SSSR count). The largest absolute Gasteiger partial charge is 0.444 e. The molecule has 0 spiro atoms. The molecule has 4 saturated heterocycles. The van der Waals surface area contributed by atoms with E-state index >= 15 is 0 Å². The van der Waals surface area contributed by atoms with Crippen LogP contribution in [0.2, 0.25) is 0 Å². The van der Waals surface area contributed by atoms with E-state index in [1.807, 2.05) is 46.4 Å². The number of ether oxygens (including phenoxy) is 2. The third kappa shape index (κ3) is 9.44. The Hall–Kier alpha value is -2.11. The van der Waals surface area contributed by atoms with E-state index in [0.29, 0.717) is 12.6 Å². The number of piperidine rings is 2. The molecule has 4 heterocycles. The summed E-state index contributed by atoms with van der Waals surface area (Å²) in [6.45, 7) is 22.7. The summed E-state index contributed by atoms with van der Waals surface area (Å²) < 4.78 is 10.9. The van der Waals surface area contributed by atoms with E-state index in [1.165, 1.54) is 0 Å². The van der Waals surface area contributed by atoms with Crippen LogP contribution in [0.4, 0.5) is 9.59 Å². The Morgan fingerprint density at radius 2 is 1.17 bits per heavy atom. The molecule has 0 aromatic carbocycles. The van der Waals surface area contributed by atoms with E-state index < -0.39 is 11.2 Å². The van der Waals surface area contributed by atoms with Crippen molar-refractivity contribution in [2.45, 2.75) is 122 Å². The molecule has 0 radical (unpaired) electrons. The van der Waals surface area contributed by atoms with E-state index in [1.54, 1.807) is 4.90 Å². The monoisotopic (exact) mass is 580 g/mol. The lowest BCUT2D eigenvalue weighted by molar-refractivity contribution is 0.0227. The molecule has 0 bridgehead atoms. The molecule has 4 aliphatic rings. The number of oxime groups is 1. The SMILES string of the molecule is CC(C)(C)OC(=O)N1CCC(C)(N2CCC(=NO)CC2)C1.CC(C)(C)OC(=O)N1CCC(C)(N2CCC(N)CC2)C1. The van der Waals surface area contributed by atoms with Gasteiger partial charge in [-0.3, -0.25) is 9.80 Å². The van der Waals surface area contributed by atoms with Crippen LogP contribution in [0.25, 0.3) is 0 Å². The zero-order valence-corrected chi connectivity index (χ0v) is 26.9. The molecule has 11 nitrogen and oxygen atoms in total. The van der Waals surface area contributed by atoms with Gasteiger partial charge in [0.25, 0.3) is 0 Å². The Bertz CT molecular complexity index is 929. The third-order valence-corrected chi connectivity index (χ3v) is 8.76. The van der Waals surface area contributed by atoms with Crippen molar-refractivity contribution >= 4 is 17.9 Å². The lowest BCUT2D eigenvalue weighted by atomic mass is 9.94. The number of carbonyl (C=O) groups excluding carboxylic acids is 2. The first kappa shape index (κ1) is 33.4. The average molecular weight is 581 g/mol. The minimum Gasteiger partial charge on any atom is -0.444 e. The fourth-order valence-corrected chi connectivity index (χ4v) is 6.22. The molecule has 4 aliphatic heterocycles. The van der Waals surface area contributed by atoms with Crippen molar-refractivity contribution in [2.75, 3.05) is 52.4 Å². The van der Waals surface area contributed by atoms with E-state index in [2.05, 4.69) is 28.8 Å². The summed E-state index contributed by atoms with van der Waals surface area (Å²) in [5.74, 6) is 0. The highest BCUT2D eigenvalue weighted by Gasteiger charge is 2.43. The van der Waals surface area contributed by atoms with Crippen LogP contribution in [0.5, 0.6) is 0 Å². The van der Waals surface area contributed by atoms with E-state index in [-0.39, 0.29) is 23.3 Å². The summed E-state index contributed by atoms with van der Waals surface area (Å²) in [5.41, 5.74) is 6.05. The van der Waals surface area contributed by atoms with Crippen LogP contribution in [-0.4, -0.2) is 123 Å². The van der Waals surface area contributed by atoms with Crippen molar-refractivity contribution in [1.29, 1.82) is 0 Å². The van der Waals surface area contributed by atoms with Crippen molar-refractivity contribution in [3.05, 3.63) is 0 Å². The maximum Gasteiger partial charge on any atom is 0.410 e. The molecule has 4 fully saturated rings. The smallest absolute Gasteiger partial charge is 0.410 e. The van der Waals surface area contributed by atoms with Gasteiger partial charge in [0.2, 0.25) is 0 Å². The molecule has 41 heavy (non-hydrogen) atoms. The second kappa shape index (κ2) is 13.0. The quantitative estimate of drug-likeness (QED) is 0.369. The van der Waals surface area contributed by atoms with Gasteiger partial charge in [-0.2, -0.15) is 0 Å². The van der Waals surface area contributed by atoms with Gasteiger partial charge < -0.3 is 30.2 Å². The standard InChI is InChI=1S/C15H27N3O3.C15H29N3O2/c1-14(2,3)21-13(19)17-10-7-15(4,11-17)18-8-5-12(16-20)6-9-18;1-14(2,3)20-13(19)17-10-7-15(4,11-17)18-8-5-12(16)6-9-18/h20H,5-11H2,1-4H3;12H,5-11,16H2,1-4H3. The molecule has 0 aromatic heterocycles. The zero-order valence-electron chi connectivity index (χ0n) is 26.9. The fourth-order valence-electron chi connectivity index (χ4n) is 6.22. The number of nitrogens with two attached hydrogens (primary N) is 1. The van der Waals surface area contributed by atoms with Crippen LogP contribution >= 0.6 is 0 Å². The molecule has 3 N–H and O–H groups in total. The van der Waals surface area contributed by atoms with Crippen molar-refractivity contribution in [2.24, 2.45) is 10.9 Å². The summed E-state index contributed by atoms with van der Waals surface area (Å²) in [6, 6.07) is 0.346. The van der Waals surface area contributed by atoms with Crippen molar-refractivity contribution in [3.8, 4) is 0 Å². The Morgan fingerprint density at radius 1 is 0.780 bits per heavy atom. The van der Waals surface area contributed by atoms with Gasteiger partial charge in [0.15, 0.2) is 0 Å². The predicted octanol–water partition coefficient (Wildman–Crippen LogP) is 4.12. The Kier molecular flexibility index (Phi) is 10.6. The first-order valence-electron chi connectivity index (χ1n) is 15.3. The first-order chi connectivity index (χ1) is 18.9. The molecule has 0 saturated carbocycles. The van der Waals surface area contributed by atoms with Crippen LogP contribution in [0.1, 0.15) is 93.9 Å². The molecule has 0 aromatic rings. The van der Waals surface area contributed by atoms with Crippen molar-refractivity contribution < 1.29 is 24.3 Å². The minimum absolute atomic E-state index is 0.00209. The van der Waals surface area contributed by atoms with Crippen LogP contribution in [-0.2, 0) is 9.47 Å². The third-order valence-electron chi connectivity index (χ3n) is 8.76. The molecule has 2 unspecified atom stereocenters. The van der Waals surface area contributed by atoms with E-state index in [4.69, 9.17) is 20.4 Å². The summed E-state index contributed by atoms with van der Waals surface area (Å²) >= 11 is 0. The van der Waals surface area contributed by atoms with Crippen molar-refractivity contribution in [1.82, 2.24) is 19.6 Å². The Labute approximate surface area is 247 Å². The molecule has 0 aliphatic carbocycles. The number of hydrogen-bond donors (Lipinski definition) is 2. The number of likely N-dealkylation sites (tertiary alicyclic amines) is 4. The maximum absolute atomic E-state index is 12.2. The molecule has 236 valence electrons. The second-order valence-electron chi connectivity index (χ2n) is 14.8. The Balaban J connectivity index is 0.000000226. The number of amides is 2. The van der Waals surface area contributed by atoms with Gasteiger partial charge in [-0.05, 0) is 81.1 Å².